The van der Waals surface area contributed by atoms with Gasteiger partial charge >= 0.3 is 0 Å². The molecule has 0 bridgehead atoms. The number of hydrogen-bond acceptors (Lipinski definition) is 3. The van der Waals surface area contributed by atoms with E-state index in [1.807, 2.05) is 42.3 Å². The number of aromatic nitrogens is 1. The van der Waals surface area contributed by atoms with Gasteiger partial charge in [0.05, 0.1) is 12.7 Å². The molecule has 18 heavy (non-hydrogen) atoms. The molecule has 4 nitrogen and oxygen atoms in total. The Hall–Kier alpha value is -1.83. The van der Waals surface area contributed by atoms with Crippen LogP contribution in [0.4, 0.5) is 0 Å². The molecule has 4 heteroatoms. The van der Waals surface area contributed by atoms with E-state index in [4.69, 9.17) is 5.11 Å². The van der Waals surface area contributed by atoms with Crippen LogP contribution in [-0.2, 0) is 0 Å². The molecule has 0 aliphatic heterocycles. The average Bonchev–Trinajstić information content (AvgIpc) is 2.83. The number of H-pyrrole nitrogens is 1. The Morgan fingerprint density at radius 3 is 2.89 bits per heavy atom. The monoisotopic (exact) mass is 243 g/mol. The summed E-state index contributed by atoms with van der Waals surface area (Å²) in [5, 5.41) is 19.5. The predicted molar refractivity (Wildman–Crippen MR) is 71.0 cm³/mol. The fourth-order valence-corrected chi connectivity index (χ4v) is 2.27. The van der Waals surface area contributed by atoms with Gasteiger partial charge in [-0.1, -0.05) is 25.1 Å². The number of hydrogen-bond donors (Lipinski definition) is 2. The normalized spacial score (nSPS) is 12.8. The van der Waals surface area contributed by atoms with E-state index in [1.165, 1.54) is 0 Å². The minimum absolute atomic E-state index is 0.0639. The summed E-state index contributed by atoms with van der Waals surface area (Å²) in [6, 6.07) is 9.95. The first-order valence-corrected chi connectivity index (χ1v) is 6.12. The highest BCUT2D eigenvalue weighted by Gasteiger charge is 2.21. The zero-order valence-corrected chi connectivity index (χ0v) is 10.4. The Labute approximate surface area is 106 Å². The lowest BCUT2D eigenvalue weighted by atomic mass is 10.1. The third kappa shape index (κ3) is 2.23. The van der Waals surface area contributed by atoms with Crippen molar-refractivity contribution in [1.29, 1.82) is 5.26 Å². The fourth-order valence-electron chi connectivity index (χ4n) is 2.27. The summed E-state index contributed by atoms with van der Waals surface area (Å²) in [7, 11) is 0. The molecule has 2 N–H and O–H groups in total. The molecule has 1 atom stereocenters. The second-order valence-corrected chi connectivity index (χ2v) is 4.17. The SMILES string of the molecule is CCN(CCO)C(C#N)c1c[nH]c2ccccc12. The van der Waals surface area contributed by atoms with Crippen LogP contribution in [-0.4, -0.2) is 34.7 Å². The summed E-state index contributed by atoms with van der Waals surface area (Å²) in [6.07, 6.45) is 1.89. The van der Waals surface area contributed by atoms with Gasteiger partial charge in [-0.05, 0) is 12.6 Å². The minimum atomic E-state index is -0.321. The maximum absolute atomic E-state index is 9.40. The number of aromatic amines is 1. The van der Waals surface area contributed by atoms with Crippen LogP contribution in [0, 0.1) is 11.3 Å². The number of benzene rings is 1. The molecule has 0 spiro atoms. The third-order valence-electron chi connectivity index (χ3n) is 3.20. The summed E-state index contributed by atoms with van der Waals surface area (Å²) >= 11 is 0. The Balaban J connectivity index is 2.41. The van der Waals surface area contributed by atoms with E-state index < -0.39 is 0 Å². The molecule has 1 aromatic heterocycles. The smallest absolute Gasteiger partial charge is 0.125 e. The van der Waals surface area contributed by atoms with Crippen molar-refractivity contribution >= 4 is 10.9 Å². The molecule has 0 saturated carbocycles. The van der Waals surface area contributed by atoms with Gasteiger partial charge in [-0.3, -0.25) is 4.90 Å². The van der Waals surface area contributed by atoms with E-state index >= 15 is 0 Å². The van der Waals surface area contributed by atoms with Crippen molar-refractivity contribution in [2.45, 2.75) is 13.0 Å². The number of nitrogens with one attached hydrogen (secondary N) is 1. The molecular weight excluding hydrogens is 226 g/mol. The molecule has 2 rings (SSSR count). The number of fused-ring (bicyclic) bond motifs is 1. The highest BCUT2D eigenvalue weighted by atomic mass is 16.3. The van der Waals surface area contributed by atoms with E-state index in [1.54, 1.807) is 0 Å². The van der Waals surface area contributed by atoms with Gasteiger partial charge in [0.2, 0.25) is 0 Å². The summed E-state index contributed by atoms with van der Waals surface area (Å²) in [5.41, 5.74) is 2.01. The van der Waals surface area contributed by atoms with Crippen LogP contribution in [0.25, 0.3) is 10.9 Å². The largest absolute Gasteiger partial charge is 0.395 e. The lowest BCUT2D eigenvalue weighted by molar-refractivity contribution is 0.181. The minimum Gasteiger partial charge on any atom is -0.395 e. The number of likely N-dealkylation sites (N-methyl/N-ethyl adjacent to an activating group) is 1. The average molecular weight is 243 g/mol. The van der Waals surface area contributed by atoms with Crippen molar-refractivity contribution in [3.05, 3.63) is 36.0 Å². The number of nitriles is 1. The molecule has 2 aromatic rings. The van der Waals surface area contributed by atoms with Gasteiger partial charge in [-0.25, -0.2) is 0 Å². The number of para-hydroxylation sites is 1. The first kappa shape index (κ1) is 12.6. The number of rotatable bonds is 5. The summed E-state index contributed by atoms with van der Waals surface area (Å²) in [5.74, 6) is 0. The maximum atomic E-state index is 9.40. The second-order valence-electron chi connectivity index (χ2n) is 4.17. The van der Waals surface area contributed by atoms with Gasteiger partial charge < -0.3 is 10.1 Å². The molecular formula is C14H17N3O. The summed E-state index contributed by atoms with van der Waals surface area (Å²) in [6.45, 7) is 3.30. The van der Waals surface area contributed by atoms with Crippen LogP contribution in [0.1, 0.15) is 18.5 Å². The van der Waals surface area contributed by atoms with Crippen LogP contribution < -0.4 is 0 Å². The van der Waals surface area contributed by atoms with Crippen LogP contribution in [0.2, 0.25) is 0 Å². The van der Waals surface area contributed by atoms with E-state index in [2.05, 4.69) is 11.1 Å². The second kappa shape index (κ2) is 5.67. The molecule has 1 unspecified atom stereocenters. The van der Waals surface area contributed by atoms with Gasteiger partial charge in [0.15, 0.2) is 0 Å². The Morgan fingerprint density at radius 1 is 1.44 bits per heavy atom. The van der Waals surface area contributed by atoms with Gasteiger partial charge in [0.1, 0.15) is 6.04 Å². The number of nitrogens with zero attached hydrogens (tertiary/aromatic N) is 2. The molecule has 0 fully saturated rings. The topological polar surface area (TPSA) is 63.0 Å². The van der Waals surface area contributed by atoms with Crippen molar-refractivity contribution in [3.8, 4) is 6.07 Å². The highest BCUT2D eigenvalue weighted by Crippen LogP contribution is 2.27. The maximum Gasteiger partial charge on any atom is 0.125 e. The van der Waals surface area contributed by atoms with Gasteiger partial charge in [0.25, 0.3) is 0 Å². The molecule has 0 saturated heterocycles. The highest BCUT2D eigenvalue weighted by molar-refractivity contribution is 5.83. The molecule has 0 radical (unpaired) electrons. The first-order valence-electron chi connectivity index (χ1n) is 6.12. The van der Waals surface area contributed by atoms with E-state index in [-0.39, 0.29) is 12.6 Å². The Kier molecular flexibility index (Phi) is 3.98. The van der Waals surface area contributed by atoms with Crippen molar-refractivity contribution in [2.24, 2.45) is 0 Å². The number of aliphatic hydroxyl groups excluding tert-OH is 1. The molecule has 0 aliphatic rings. The standard InChI is InChI=1S/C14H17N3O/c1-2-17(7-8-18)14(9-15)12-10-16-13-6-4-3-5-11(12)13/h3-6,10,14,16,18H,2,7-8H2,1H3. The van der Waals surface area contributed by atoms with E-state index in [0.717, 1.165) is 23.0 Å². The lowest BCUT2D eigenvalue weighted by Crippen LogP contribution is -2.30. The van der Waals surface area contributed by atoms with Gasteiger partial charge in [-0.15, -0.1) is 0 Å². The van der Waals surface area contributed by atoms with Crippen molar-refractivity contribution in [1.82, 2.24) is 9.88 Å². The summed E-state index contributed by atoms with van der Waals surface area (Å²) < 4.78 is 0. The van der Waals surface area contributed by atoms with E-state index in [9.17, 15) is 5.26 Å². The van der Waals surface area contributed by atoms with Gasteiger partial charge in [0, 0.05) is 29.2 Å². The molecule has 0 amide bonds. The molecule has 0 aliphatic carbocycles. The molecule has 1 heterocycles. The summed E-state index contributed by atoms with van der Waals surface area (Å²) in [4.78, 5) is 5.15. The van der Waals surface area contributed by atoms with E-state index in [0.29, 0.717) is 6.54 Å². The fraction of sp³-hybridized carbons (Fsp3) is 0.357. The Bertz CT molecular complexity index is 555. The zero-order chi connectivity index (χ0) is 13.0. The van der Waals surface area contributed by atoms with Crippen LogP contribution >= 0.6 is 0 Å². The zero-order valence-electron chi connectivity index (χ0n) is 10.4. The van der Waals surface area contributed by atoms with Crippen molar-refractivity contribution in [3.63, 3.8) is 0 Å². The van der Waals surface area contributed by atoms with Gasteiger partial charge in [-0.2, -0.15) is 5.26 Å². The molecule has 94 valence electrons. The molecule has 1 aromatic carbocycles. The number of aliphatic hydroxyl groups is 1. The van der Waals surface area contributed by atoms with Crippen LogP contribution in [0.15, 0.2) is 30.5 Å². The quantitative estimate of drug-likeness (QED) is 0.844. The third-order valence-corrected chi connectivity index (χ3v) is 3.20. The van der Waals surface area contributed by atoms with Crippen LogP contribution in [0.5, 0.6) is 0 Å². The Morgan fingerprint density at radius 2 is 2.22 bits per heavy atom. The lowest BCUT2D eigenvalue weighted by Gasteiger charge is -2.24. The van der Waals surface area contributed by atoms with Crippen LogP contribution in [0.3, 0.4) is 0 Å². The van der Waals surface area contributed by atoms with Crippen molar-refractivity contribution in [2.75, 3.05) is 19.7 Å². The predicted octanol–water partition coefficient (Wildman–Crippen LogP) is 2.05. The van der Waals surface area contributed by atoms with Crippen molar-refractivity contribution < 1.29 is 5.11 Å². The first-order chi connectivity index (χ1) is 8.81.